The van der Waals surface area contributed by atoms with Crippen molar-refractivity contribution in [2.45, 2.75) is 25.7 Å². The van der Waals surface area contributed by atoms with Gasteiger partial charge in [-0.3, -0.25) is 4.79 Å². The van der Waals surface area contributed by atoms with Crippen molar-refractivity contribution in [3.05, 3.63) is 0 Å². The van der Waals surface area contributed by atoms with E-state index in [1.165, 1.54) is 0 Å². The van der Waals surface area contributed by atoms with Crippen LogP contribution in [0, 0.1) is 11.8 Å². The average molecular weight is 235 g/mol. The van der Waals surface area contributed by atoms with Crippen LogP contribution in [0.1, 0.15) is 25.7 Å². The smallest absolute Gasteiger partial charge is 0.306 e. The molecule has 5 nitrogen and oxygen atoms in total. The molecule has 0 aromatic rings. The van der Waals surface area contributed by atoms with Crippen molar-refractivity contribution >= 4 is 16.0 Å². The summed E-state index contributed by atoms with van der Waals surface area (Å²) in [5, 5.41) is 8.77. The first-order chi connectivity index (χ1) is 6.88. The first kappa shape index (κ1) is 12.4. The van der Waals surface area contributed by atoms with Gasteiger partial charge in [0.2, 0.25) is 10.0 Å². The fourth-order valence-corrected chi connectivity index (χ4v) is 2.42. The largest absolute Gasteiger partial charge is 0.481 e. The molecule has 0 aliphatic heterocycles. The minimum Gasteiger partial charge on any atom is -0.481 e. The summed E-state index contributed by atoms with van der Waals surface area (Å²) in [4.78, 5) is 10.7. The van der Waals surface area contributed by atoms with Crippen molar-refractivity contribution in [1.29, 1.82) is 0 Å². The molecule has 6 heteroatoms. The van der Waals surface area contributed by atoms with Gasteiger partial charge in [-0.05, 0) is 31.6 Å². The normalized spacial score (nSPS) is 27.5. The standard InChI is InChI=1S/C9H17NO4S/c1-15(13,14)10-6-7-2-4-8(5-3-7)9(11)12/h7-8,10H,2-6H2,1H3,(H,11,12). The summed E-state index contributed by atoms with van der Waals surface area (Å²) >= 11 is 0. The highest BCUT2D eigenvalue weighted by atomic mass is 32.2. The summed E-state index contributed by atoms with van der Waals surface area (Å²) in [6, 6.07) is 0. The number of carboxylic acid groups (broad SMARTS) is 1. The lowest BCUT2D eigenvalue weighted by atomic mass is 9.82. The van der Waals surface area contributed by atoms with E-state index in [9.17, 15) is 13.2 Å². The lowest BCUT2D eigenvalue weighted by Crippen LogP contribution is -2.31. The Kier molecular flexibility index (Phi) is 4.10. The fourth-order valence-electron chi connectivity index (χ4n) is 1.88. The zero-order valence-corrected chi connectivity index (χ0v) is 9.59. The number of sulfonamides is 1. The topological polar surface area (TPSA) is 83.5 Å². The van der Waals surface area contributed by atoms with E-state index in [1.54, 1.807) is 0 Å². The van der Waals surface area contributed by atoms with E-state index in [2.05, 4.69) is 4.72 Å². The summed E-state index contributed by atoms with van der Waals surface area (Å²) in [5.74, 6) is -0.681. The van der Waals surface area contributed by atoms with Gasteiger partial charge in [0, 0.05) is 6.54 Å². The Morgan fingerprint density at radius 2 is 1.87 bits per heavy atom. The molecule has 15 heavy (non-hydrogen) atoms. The van der Waals surface area contributed by atoms with Crippen LogP contribution in [-0.4, -0.2) is 32.3 Å². The van der Waals surface area contributed by atoms with Crippen molar-refractivity contribution < 1.29 is 18.3 Å². The van der Waals surface area contributed by atoms with Crippen LogP contribution >= 0.6 is 0 Å². The van der Waals surface area contributed by atoms with Gasteiger partial charge in [0.25, 0.3) is 0 Å². The number of carboxylic acids is 1. The molecule has 1 rings (SSSR count). The van der Waals surface area contributed by atoms with Gasteiger partial charge in [-0.25, -0.2) is 13.1 Å². The molecule has 0 heterocycles. The van der Waals surface area contributed by atoms with Crippen molar-refractivity contribution in [1.82, 2.24) is 4.72 Å². The number of hydrogen-bond donors (Lipinski definition) is 2. The molecule has 0 unspecified atom stereocenters. The molecule has 0 aromatic heterocycles. The van der Waals surface area contributed by atoms with Crippen LogP contribution in [0.4, 0.5) is 0 Å². The predicted octanol–water partition coefficient (Wildman–Crippen LogP) is 0.427. The van der Waals surface area contributed by atoms with E-state index >= 15 is 0 Å². The molecule has 2 N–H and O–H groups in total. The van der Waals surface area contributed by atoms with Crippen LogP contribution < -0.4 is 4.72 Å². The van der Waals surface area contributed by atoms with E-state index in [-0.39, 0.29) is 11.8 Å². The summed E-state index contributed by atoms with van der Waals surface area (Å²) in [6.07, 6.45) is 4.03. The Balaban J connectivity index is 2.29. The number of hydrogen-bond acceptors (Lipinski definition) is 3. The van der Waals surface area contributed by atoms with Crippen molar-refractivity contribution in [3.63, 3.8) is 0 Å². The van der Waals surface area contributed by atoms with Crippen molar-refractivity contribution in [3.8, 4) is 0 Å². The lowest BCUT2D eigenvalue weighted by Gasteiger charge is -2.25. The minimum atomic E-state index is -3.12. The number of rotatable bonds is 4. The third-order valence-electron chi connectivity index (χ3n) is 2.83. The molecule has 1 aliphatic carbocycles. The van der Waals surface area contributed by atoms with Gasteiger partial charge in [0.05, 0.1) is 12.2 Å². The molecular formula is C9H17NO4S. The first-order valence-corrected chi connectivity index (χ1v) is 6.95. The monoisotopic (exact) mass is 235 g/mol. The third kappa shape index (κ3) is 4.61. The second-order valence-corrected chi connectivity index (χ2v) is 6.01. The second kappa shape index (κ2) is 4.94. The quantitative estimate of drug-likeness (QED) is 0.740. The maximum absolute atomic E-state index is 10.8. The molecule has 0 aromatic carbocycles. The van der Waals surface area contributed by atoms with Crippen LogP contribution in [-0.2, 0) is 14.8 Å². The zero-order chi connectivity index (χ0) is 11.5. The third-order valence-corrected chi connectivity index (χ3v) is 3.52. The highest BCUT2D eigenvalue weighted by molar-refractivity contribution is 7.88. The minimum absolute atomic E-state index is 0.237. The molecule has 0 saturated heterocycles. The maximum atomic E-state index is 10.8. The Morgan fingerprint density at radius 3 is 2.27 bits per heavy atom. The summed E-state index contributed by atoms with van der Waals surface area (Å²) in [5.41, 5.74) is 0. The summed E-state index contributed by atoms with van der Waals surface area (Å²) in [6.45, 7) is 0.436. The van der Waals surface area contributed by atoms with Gasteiger partial charge in [-0.2, -0.15) is 0 Å². The first-order valence-electron chi connectivity index (χ1n) is 5.06. The van der Waals surface area contributed by atoms with Crippen LogP contribution in [0.5, 0.6) is 0 Å². The lowest BCUT2D eigenvalue weighted by molar-refractivity contribution is -0.143. The van der Waals surface area contributed by atoms with Crippen molar-refractivity contribution in [2.24, 2.45) is 11.8 Å². The highest BCUT2D eigenvalue weighted by Crippen LogP contribution is 2.28. The van der Waals surface area contributed by atoms with Gasteiger partial charge < -0.3 is 5.11 Å². The van der Waals surface area contributed by atoms with Crippen LogP contribution in [0.25, 0.3) is 0 Å². The molecule has 88 valence electrons. The molecule has 1 fully saturated rings. The molecule has 0 spiro atoms. The SMILES string of the molecule is CS(=O)(=O)NCC1CCC(C(=O)O)CC1. The van der Waals surface area contributed by atoms with E-state index in [1.807, 2.05) is 0 Å². The van der Waals surface area contributed by atoms with Gasteiger partial charge in [0.1, 0.15) is 0 Å². The maximum Gasteiger partial charge on any atom is 0.306 e. The fraction of sp³-hybridized carbons (Fsp3) is 0.889. The van der Waals surface area contributed by atoms with Crippen LogP contribution in [0.15, 0.2) is 0 Å². The Morgan fingerprint density at radius 1 is 1.33 bits per heavy atom. The zero-order valence-electron chi connectivity index (χ0n) is 8.77. The summed E-state index contributed by atoms with van der Waals surface area (Å²) in [7, 11) is -3.12. The molecule has 0 amide bonds. The molecular weight excluding hydrogens is 218 g/mol. The van der Waals surface area contributed by atoms with Gasteiger partial charge >= 0.3 is 5.97 Å². The van der Waals surface area contributed by atoms with E-state index in [0.29, 0.717) is 19.4 Å². The van der Waals surface area contributed by atoms with E-state index < -0.39 is 16.0 Å². The Labute approximate surface area is 89.9 Å². The molecule has 0 radical (unpaired) electrons. The van der Waals surface area contributed by atoms with Crippen LogP contribution in [0.2, 0.25) is 0 Å². The average Bonchev–Trinajstić information content (AvgIpc) is 2.14. The second-order valence-electron chi connectivity index (χ2n) is 4.18. The number of carbonyl (C=O) groups is 1. The van der Waals surface area contributed by atoms with Gasteiger partial charge in [-0.1, -0.05) is 0 Å². The molecule has 1 aliphatic rings. The molecule has 1 saturated carbocycles. The number of nitrogens with one attached hydrogen (secondary N) is 1. The highest BCUT2D eigenvalue weighted by Gasteiger charge is 2.25. The Hall–Kier alpha value is -0.620. The van der Waals surface area contributed by atoms with E-state index in [4.69, 9.17) is 5.11 Å². The Bertz CT molecular complexity index is 317. The van der Waals surface area contributed by atoms with Crippen LogP contribution in [0.3, 0.4) is 0 Å². The predicted molar refractivity (Wildman–Crippen MR) is 55.9 cm³/mol. The van der Waals surface area contributed by atoms with E-state index in [0.717, 1.165) is 19.1 Å². The van der Waals surface area contributed by atoms with Gasteiger partial charge in [0.15, 0.2) is 0 Å². The number of aliphatic carboxylic acids is 1. The summed E-state index contributed by atoms with van der Waals surface area (Å²) < 4.78 is 24.1. The molecule has 0 bridgehead atoms. The van der Waals surface area contributed by atoms with Crippen molar-refractivity contribution in [2.75, 3.05) is 12.8 Å². The molecule has 0 atom stereocenters. The van der Waals surface area contributed by atoms with Gasteiger partial charge in [-0.15, -0.1) is 0 Å².